The second-order valence-electron chi connectivity index (χ2n) is 12.3. The molecule has 0 unspecified atom stereocenters. The highest BCUT2D eigenvalue weighted by Crippen LogP contribution is 2.43. The molecule has 2 aliphatic rings. The SMILES string of the molecule is C/C=C\C(=C/CC)c1ccc2nc(-c3cccnc3N)n(-c3ccc(CN4CC5(C4)CN(c4ccc(C=O)c(O)c4)C5)cc3)c2n1. The van der Waals surface area contributed by atoms with Gasteiger partial charge >= 0.3 is 0 Å². The number of benzene rings is 2. The maximum absolute atomic E-state index is 11.0. The van der Waals surface area contributed by atoms with Crippen molar-refractivity contribution in [2.24, 2.45) is 5.41 Å². The lowest BCUT2D eigenvalue weighted by atomic mass is 9.72. The predicted molar refractivity (Wildman–Crippen MR) is 183 cm³/mol. The second-order valence-corrected chi connectivity index (χ2v) is 12.3. The van der Waals surface area contributed by atoms with Gasteiger partial charge in [-0.2, -0.15) is 0 Å². The van der Waals surface area contributed by atoms with Gasteiger partial charge in [0.25, 0.3) is 0 Å². The smallest absolute Gasteiger partial charge is 0.165 e. The summed E-state index contributed by atoms with van der Waals surface area (Å²) in [7, 11) is 0. The number of nitrogens with zero attached hydrogens (tertiary/aromatic N) is 6. The Morgan fingerprint density at radius 2 is 1.78 bits per heavy atom. The van der Waals surface area contributed by atoms with E-state index in [2.05, 4.69) is 62.7 Å². The van der Waals surface area contributed by atoms with Gasteiger partial charge in [0.1, 0.15) is 17.1 Å². The summed E-state index contributed by atoms with van der Waals surface area (Å²) in [6.45, 7) is 8.99. The van der Waals surface area contributed by atoms with E-state index in [1.165, 1.54) is 5.56 Å². The molecule has 0 atom stereocenters. The molecular weight excluding hydrogens is 574 g/mol. The molecule has 232 valence electrons. The van der Waals surface area contributed by atoms with E-state index in [4.69, 9.17) is 15.7 Å². The standard InChI is InChI=1S/C37H37N7O2/c1-3-6-26(7-4-2)31-15-16-32-36(40-31)44(35(41-32)30-8-5-17-39-34(30)38)28-12-9-25(10-13-28)19-42-21-37(22-42)23-43(24-37)29-14-11-27(20-45)33(46)18-29/h3,5-18,20,46H,4,19,21-24H2,1-2H3,(H2,38,39)/b6-3-,26-7+. The molecule has 2 saturated heterocycles. The zero-order valence-corrected chi connectivity index (χ0v) is 26.1. The van der Waals surface area contributed by atoms with Gasteiger partial charge in [0.05, 0.1) is 16.8 Å². The highest BCUT2D eigenvalue weighted by molar-refractivity contribution is 5.85. The van der Waals surface area contributed by atoms with Crippen molar-refractivity contribution in [1.29, 1.82) is 0 Å². The molecule has 5 aromatic rings. The normalized spacial score (nSPS) is 16.2. The van der Waals surface area contributed by atoms with Gasteiger partial charge in [0.15, 0.2) is 17.8 Å². The number of hydrogen-bond donors (Lipinski definition) is 2. The molecule has 9 heteroatoms. The number of aldehydes is 1. The Kier molecular flexibility index (Phi) is 7.62. The number of fused-ring (bicyclic) bond motifs is 1. The van der Waals surface area contributed by atoms with Crippen LogP contribution in [0.2, 0.25) is 0 Å². The van der Waals surface area contributed by atoms with Crippen molar-refractivity contribution in [2.75, 3.05) is 36.8 Å². The van der Waals surface area contributed by atoms with Crippen molar-refractivity contribution >= 4 is 34.5 Å². The van der Waals surface area contributed by atoms with Gasteiger partial charge in [-0.3, -0.25) is 14.3 Å². The van der Waals surface area contributed by atoms with Crippen molar-refractivity contribution < 1.29 is 9.90 Å². The molecule has 2 aliphatic heterocycles. The number of imidazole rings is 1. The summed E-state index contributed by atoms with van der Waals surface area (Å²) in [5, 5.41) is 10.1. The molecule has 2 aromatic carbocycles. The van der Waals surface area contributed by atoms with Crippen LogP contribution in [0.5, 0.6) is 5.75 Å². The van der Waals surface area contributed by atoms with Crippen molar-refractivity contribution in [3.05, 3.63) is 108 Å². The molecule has 3 aromatic heterocycles. The Balaban J connectivity index is 1.11. The third-order valence-corrected chi connectivity index (χ3v) is 8.93. The number of carbonyl (C=O) groups is 1. The molecule has 3 N–H and O–H groups in total. The lowest BCUT2D eigenvalue weighted by molar-refractivity contribution is -0.0273. The first-order chi connectivity index (χ1) is 22.4. The molecule has 0 amide bonds. The molecule has 0 bridgehead atoms. The fourth-order valence-electron chi connectivity index (χ4n) is 6.80. The van der Waals surface area contributed by atoms with Crippen LogP contribution in [-0.4, -0.2) is 62.0 Å². The van der Waals surface area contributed by atoms with Gasteiger partial charge in [-0.05, 0) is 73.0 Å². The summed E-state index contributed by atoms with van der Waals surface area (Å²) >= 11 is 0. The van der Waals surface area contributed by atoms with Crippen molar-refractivity contribution in [1.82, 2.24) is 24.4 Å². The third kappa shape index (κ3) is 5.32. The molecule has 0 aliphatic carbocycles. The number of carbonyl (C=O) groups excluding carboxylic acids is 1. The molecule has 0 saturated carbocycles. The lowest BCUT2D eigenvalue weighted by Crippen LogP contribution is -2.71. The number of hydrogen-bond acceptors (Lipinski definition) is 8. The Hall–Kier alpha value is -5.28. The minimum atomic E-state index is 0.0368. The van der Waals surface area contributed by atoms with Crippen molar-refractivity contribution in [3.63, 3.8) is 0 Å². The van der Waals surface area contributed by atoms with Crippen LogP contribution in [0.15, 0.2) is 91.2 Å². The van der Waals surface area contributed by atoms with E-state index < -0.39 is 0 Å². The van der Waals surface area contributed by atoms with E-state index in [0.29, 0.717) is 23.5 Å². The number of pyridine rings is 2. The van der Waals surface area contributed by atoms with Crippen molar-refractivity contribution in [3.8, 4) is 22.8 Å². The van der Waals surface area contributed by atoms with E-state index in [9.17, 15) is 9.90 Å². The lowest BCUT2D eigenvalue weighted by Gasteiger charge is -2.61. The van der Waals surface area contributed by atoms with E-state index in [1.807, 2.05) is 43.3 Å². The highest BCUT2D eigenvalue weighted by Gasteiger charge is 2.51. The Morgan fingerprint density at radius 3 is 2.48 bits per heavy atom. The van der Waals surface area contributed by atoms with E-state index in [-0.39, 0.29) is 11.2 Å². The molecule has 5 heterocycles. The first-order valence-electron chi connectivity index (χ1n) is 15.7. The summed E-state index contributed by atoms with van der Waals surface area (Å²) < 4.78 is 2.08. The summed E-state index contributed by atoms with van der Waals surface area (Å²) in [4.78, 5) is 30.2. The van der Waals surface area contributed by atoms with Gasteiger partial charge in [0, 0.05) is 61.8 Å². The number of rotatable bonds is 9. The van der Waals surface area contributed by atoms with Crippen LogP contribution >= 0.6 is 0 Å². The molecule has 0 radical (unpaired) electrons. The maximum atomic E-state index is 11.0. The summed E-state index contributed by atoms with van der Waals surface area (Å²) in [6, 6.07) is 21.8. The number of likely N-dealkylation sites (tertiary alicyclic amines) is 1. The largest absolute Gasteiger partial charge is 0.507 e. The van der Waals surface area contributed by atoms with Gasteiger partial charge in [-0.1, -0.05) is 37.3 Å². The summed E-state index contributed by atoms with van der Waals surface area (Å²) in [5.74, 6) is 1.17. The zero-order valence-electron chi connectivity index (χ0n) is 26.1. The van der Waals surface area contributed by atoms with E-state index in [1.54, 1.807) is 18.3 Å². The van der Waals surface area contributed by atoms with Crippen LogP contribution in [0.1, 0.15) is 41.9 Å². The number of aromatic hydroxyl groups is 1. The average Bonchev–Trinajstić information content (AvgIpc) is 3.40. The first kappa shape index (κ1) is 29.4. The molecule has 2 fully saturated rings. The Bertz CT molecular complexity index is 1980. The number of allylic oxidation sites excluding steroid dienone is 4. The molecule has 1 spiro atoms. The number of nitrogens with two attached hydrogens (primary N) is 1. The zero-order chi connectivity index (χ0) is 31.8. The van der Waals surface area contributed by atoms with Crippen molar-refractivity contribution in [2.45, 2.75) is 26.8 Å². The fraction of sp³-hybridized carbons (Fsp3) is 0.243. The van der Waals surface area contributed by atoms with Crippen LogP contribution in [0.4, 0.5) is 11.5 Å². The minimum absolute atomic E-state index is 0.0368. The number of phenols is 1. The fourth-order valence-corrected chi connectivity index (χ4v) is 6.80. The number of phenolic OH excluding ortho intramolecular Hbond substituents is 1. The molecule has 7 rings (SSSR count). The summed E-state index contributed by atoms with van der Waals surface area (Å²) in [5.41, 5.74) is 14.4. The topological polar surface area (TPSA) is 113 Å². The quantitative estimate of drug-likeness (QED) is 0.148. The summed E-state index contributed by atoms with van der Waals surface area (Å²) in [6.07, 6.45) is 9.59. The van der Waals surface area contributed by atoms with Gasteiger partial charge in [-0.15, -0.1) is 0 Å². The van der Waals surface area contributed by atoms with Crippen LogP contribution in [-0.2, 0) is 6.54 Å². The first-order valence-corrected chi connectivity index (χ1v) is 15.7. The third-order valence-electron chi connectivity index (χ3n) is 8.93. The molecular formula is C37H37N7O2. The maximum Gasteiger partial charge on any atom is 0.165 e. The number of nitrogen functional groups attached to an aromatic ring is 1. The van der Waals surface area contributed by atoms with Gasteiger partial charge in [-0.25, -0.2) is 15.0 Å². The minimum Gasteiger partial charge on any atom is -0.507 e. The molecule has 9 nitrogen and oxygen atoms in total. The van der Waals surface area contributed by atoms with E-state index >= 15 is 0 Å². The molecule has 46 heavy (non-hydrogen) atoms. The number of anilines is 2. The van der Waals surface area contributed by atoms with E-state index in [0.717, 1.165) is 78.5 Å². The Labute approximate surface area is 268 Å². The van der Waals surface area contributed by atoms with Crippen LogP contribution < -0.4 is 10.6 Å². The monoisotopic (exact) mass is 611 g/mol. The van der Waals surface area contributed by atoms with Crippen LogP contribution in [0.3, 0.4) is 0 Å². The van der Waals surface area contributed by atoms with Crippen LogP contribution in [0.25, 0.3) is 33.8 Å². The second kappa shape index (κ2) is 11.9. The highest BCUT2D eigenvalue weighted by atomic mass is 16.3. The Morgan fingerprint density at radius 1 is 1.00 bits per heavy atom. The van der Waals surface area contributed by atoms with Gasteiger partial charge in [0.2, 0.25) is 0 Å². The average molecular weight is 612 g/mol. The predicted octanol–water partition coefficient (Wildman–Crippen LogP) is 6.27. The van der Waals surface area contributed by atoms with Gasteiger partial charge < -0.3 is 15.7 Å². The number of aromatic nitrogens is 4. The van der Waals surface area contributed by atoms with Crippen LogP contribution in [0, 0.1) is 5.41 Å².